The van der Waals surface area contributed by atoms with E-state index in [1.807, 2.05) is 0 Å². The molecule has 2 bridgehead atoms. The van der Waals surface area contributed by atoms with Gasteiger partial charge in [-0.2, -0.15) is 0 Å². The van der Waals surface area contributed by atoms with Crippen molar-refractivity contribution in [3.05, 3.63) is 0 Å². The Morgan fingerprint density at radius 1 is 1.36 bits per heavy atom. The Hall–Kier alpha value is -0.0800. The van der Waals surface area contributed by atoms with Crippen LogP contribution in [0.4, 0.5) is 0 Å². The van der Waals surface area contributed by atoms with E-state index in [1.54, 1.807) is 0 Å². The first-order valence-electron chi connectivity index (χ1n) is 4.73. The third kappa shape index (κ3) is 1.00. The zero-order valence-corrected chi connectivity index (χ0v) is 7.46. The van der Waals surface area contributed by atoms with E-state index in [2.05, 4.69) is 18.7 Å². The van der Waals surface area contributed by atoms with Crippen LogP contribution in [0.5, 0.6) is 0 Å². The van der Waals surface area contributed by atoms with E-state index < -0.39 is 0 Å². The molecular formula is C9H18N2. The summed E-state index contributed by atoms with van der Waals surface area (Å²) in [7, 11) is 0. The summed E-state index contributed by atoms with van der Waals surface area (Å²) >= 11 is 0. The van der Waals surface area contributed by atoms with E-state index in [4.69, 9.17) is 5.73 Å². The van der Waals surface area contributed by atoms with Crippen LogP contribution in [-0.4, -0.2) is 29.1 Å². The van der Waals surface area contributed by atoms with E-state index in [0.29, 0.717) is 18.1 Å². The third-order valence-electron chi connectivity index (χ3n) is 3.23. The SMILES string of the molecule is CC(C)N1[C@@H]2CC[C@H]1[C@H](N)C2. The number of nitrogens with zero attached hydrogens (tertiary/aromatic N) is 1. The Bertz CT molecular complexity index is 156. The van der Waals surface area contributed by atoms with Crippen molar-refractivity contribution in [3.63, 3.8) is 0 Å². The standard InChI is InChI=1S/C9H18N2/c1-6(2)11-7-3-4-9(11)8(10)5-7/h6-9H,3-5,10H2,1-2H3/t7-,8-,9+/m1/s1. The number of rotatable bonds is 1. The van der Waals surface area contributed by atoms with Gasteiger partial charge in [-0.25, -0.2) is 0 Å². The summed E-state index contributed by atoms with van der Waals surface area (Å²) in [6, 6.07) is 2.69. The summed E-state index contributed by atoms with van der Waals surface area (Å²) in [5, 5.41) is 0. The van der Waals surface area contributed by atoms with Crippen LogP contribution in [0.2, 0.25) is 0 Å². The van der Waals surface area contributed by atoms with Gasteiger partial charge >= 0.3 is 0 Å². The molecule has 0 unspecified atom stereocenters. The van der Waals surface area contributed by atoms with Gasteiger partial charge in [0.05, 0.1) is 0 Å². The van der Waals surface area contributed by atoms with Crippen LogP contribution in [0.15, 0.2) is 0 Å². The molecule has 64 valence electrons. The Morgan fingerprint density at radius 3 is 2.36 bits per heavy atom. The molecule has 0 amide bonds. The number of hydrogen-bond acceptors (Lipinski definition) is 2. The Balaban J connectivity index is 2.13. The second kappa shape index (κ2) is 2.46. The molecule has 2 aliphatic rings. The molecular weight excluding hydrogens is 136 g/mol. The molecule has 2 fully saturated rings. The summed E-state index contributed by atoms with van der Waals surface area (Å²) in [5.74, 6) is 0. The average molecular weight is 154 g/mol. The fourth-order valence-corrected chi connectivity index (χ4v) is 2.88. The minimum absolute atomic E-state index is 0.469. The number of nitrogens with two attached hydrogens (primary N) is 1. The lowest BCUT2D eigenvalue weighted by atomic mass is 9.97. The smallest absolute Gasteiger partial charge is 0.0254 e. The highest BCUT2D eigenvalue weighted by atomic mass is 15.3. The summed E-state index contributed by atoms with van der Waals surface area (Å²) in [5.41, 5.74) is 6.01. The highest BCUT2D eigenvalue weighted by Gasteiger charge is 2.45. The largest absolute Gasteiger partial charge is 0.326 e. The van der Waals surface area contributed by atoms with Gasteiger partial charge < -0.3 is 5.73 Å². The fourth-order valence-electron chi connectivity index (χ4n) is 2.88. The fraction of sp³-hybridized carbons (Fsp3) is 1.00. The van der Waals surface area contributed by atoms with Crippen molar-refractivity contribution in [2.75, 3.05) is 0 Å². The van der Waals surface area contributed by atoms with Gasteiger partial charge in [0, 0.05) is 24.2 Å². The van der Waals surface area contributed by atoms with Gasteiger partial charge in [0.25, 0.3) is 0 Å². The first-order valence-corrected chi connectivity index (χ1v) is 4.73. The lowest BCUT2D eigenvalue weighted by Crippen LogP contribution is -2.40. The average Bonchev–Trinajstić information content (AvgIpc) is 2.41. The van der Waals surface area contributed by atoms with Crippen molar-refractivity contribution in [1.29, 1.82) is 0 Å². The molecule has 2 saturated heterocycles. The molecule has 2 rings (SSSR count). The molecule has 0 aromatic heterocycles. The van der Waals surface area contributed by atoms with Gasteiger partial charge in [-0.3, -0.25) is 4.90 Å². The van der Waals surface area contributed by atoms with Crippen LogP contribution in [0.3, 0.4) is 0 Å². The Labute approximate surface area is 68.7 Å². The van der Waals surface area contributed by atoms with Crippen molar-refractivity contribution >= 4 is 0 Å². The molecule has 2 N–H and O–H groups in total. The molecule has 0 aromatic rings. The summed E-state index contributed by atoms with van der Waals surface area (Å²) in [6.07, 6.45) is 3.96. The highest BCUT2D eigenvalue weighted by Crippen LogP contribution is 2.37. The maximum absolute atomic E-state index is 6.01. The third-order valence-corrected chi connectivity index (χ3v) is 3.23. The molecule has 2 aliphatic heterocycles. The minimum atomic E-state index is 0.469. The maximum atomic E-state index is 6.01. The summed E-state index contributed by atoms with van der Waals surface area (Å²) < 4.78 is 0. The van der Waals surface area contributed by atoms with Crippen molar-refractivity contribution in [1.82, 2.24) is 4.90 Å². The molecule has 0 aliphatic carbocycles. The maximum Gasteiger partial charge on any atom is 0.0254 e. The predicted octanol–water partition coefficient (Wildman–Crippen LogP) is 0.959. The zero-order chi connectivity index (χ0) is 8.01. The lowest BCUT2D eigenvalue weighted by Gasteiger charge is -2.26. The molecule has 2 heterocycles. The van der Waals surface area contributed by atoms with Gasteiger partial charge in [-0.1, -0.05) is 0 Å². The second-order valence-corrected chi connectivity index (χ2v) is 4.24. The van der Waals surface area contributed by atoms with Crippen molar-refractivity contribution in [2.45, 2.75) is 57.3 Å². The highest BCUT2D eigenvalue weighted by molar-refractivity contribution is 5.03. The van der Waals surface area contributed by atoms with Gasteiger partial charge in [0.1, 0.15) is 0 Å². The molecule has 3 atom stereocenters. The molecule has 0 spiro atoms. The Morgan fingerprint density at radius 2 is 2.09 bits per heavy atom. The van der Waals surface area contributed by atoms with Crippen LogP contribution in [0.25, 0.3) is 0 Å². The van der Waals surface area contributed by atoms with Crippen molar-refractivity contribution in [2.24, 2.45) is 5.73 Å². The molecule has 0 aromatic carbocycles. The van der Waals surface area contributed by atoms with Gasteiger partial charge in [-0.05, 0) is 33.1 Å². The molecule has 11 heavy (non-hydrogen) atoms. The zero-order valence-electron chi connectivity index (χ0n) is 7.46. The van der Waals surface area contributed by atoms with Crippen LogP contribution in [0, 0.1) is 0 Å². The van der Waals surface area contributed by atoms with Gasteiger partial charge in [0.2, 0.25) is 0 Å². The first kappa shape index (κ1) is 7.56. The van der Waals surface area contributed by atoms with Crippen molar-refractivity contribution in [3.8, 4) is 0 Å². The second-order valence-electron chi connectivity index (χ2n) is 4.24. The topological polar surface area (TPSA) is 29.3 Å². The van der Waals surface area contributed by atoms with Crippen molar-refractivity contribution < 1.29 is 0 Å². The van der Waals surface area contributed by atoms with E-state index in [1.165, 1.54) is 19.3 Å². The monoisotopic (exact) mass is 154 g/mol. The molecule has 2 nitrogen and oxygen atoms in total. The predicted molar refractivity (Wildman–Crippen MR) is 46.4 cm³/mol. The van der Waals surface area contributed by atoms with Crippen LogP contribution in [-0.2, 0) is 0 Å². The quantitative estimate of drug-likeness (QED) is 0.609. The lowest BCUT2D eigenvalue weighted by molar-refractivity contribution is 0.197. The normalized spacial score (nSPS) is 44.2. The molecule has 0 radical (unpaired) electrons. The van der Waals surface area contributed by atoms with Crippen LogP contribution >= 0.6 is 0 Å². The summed E-state index contributed by atoms with van der Waals surface area (Å²) in [4.78, 5) is 2.62. The van der Waals surface area contributed by atoms with Crippen LogP contribution in [0.1, 0.15) is 33.1 Å². The van der Waals surface area contributed by atoms with E-state index in [0.717, 1.165) is 6.04 Å². The van der Waals surface area contributed by atoms with Gasteiger partial charge in [-0.15, -0.1) is 0 Å². The first-order chi connectivity index (χ1) is 5.20. The van der Waals surface area contributed by atoms with Gasteiger partial charge in [0.15, 0.2) is 0 Å². The summed E-state index contributed by atoms with van der Waals surface area (Å²) in [6.45, 7) is 4.56. The van der Waals surface area contributed by atoms with E-state index >= 15 is 0 Å². The number of fused-ring (bicyclic) bond motifs is 2. The Kier molecular flexibility index (Phi) is 1.69. The molecule has 2 heteroatoms. The van der Waals surface area contributed by atoms with E-state index in [9.17, 15) is 0 Å². The number of hydrogen-bond donors (Lipinski definition) is 1. The van der Waals surface area contributed by atoms with Crippen LogP contribution < -0.4 is 5.73 Å². The minimum Gasteiger partial charge on any atom is -0.326 e. The van der Waals surface area contributed by atoms with E-state index in [-0.39, 0.29) is 0 Å². The molecule has 0 saturated carbocycles.